The van der Waals surface area contributed by atoms with E-state index in [1.165, 1.54) is 6.07 Å². The second-order valence-electron chi connectivity index (χ2n) is 14.2. The molecule has 5 rings (SSSR count). The van der Waals surface area contributed by atoms with Crippen LogP contribution in [0.5, 0.6) is 0 Å². The second-order valence-corrected chi connectivity index (χ2v) is 14.2. The zero-order chi connectivity index (χ0) is 28.7. The molecule has 0 spiro atoms. The summed E-state index contributed by atoms with van der Waals surface area (Å²) < 4.78 is 12.1. The standard InChI is InChI=1S/C33H48O7/c1-21(18-28(35)36)6-4-5-7-30(38)40-33-17-14-25(22-8-11-29(37)39-20-22)32(33,3)16-13-26-27(33)10-9-23-19-24(34)12-15-31(23,26)2/h8,11,20-21,23-27,34H,4-7,9-10,12-19H2,1-3H3,(H,35,36)/t21?,23-,24+,25-,26+,27-,31+,32-,33+/m1/s1. The molecular formula is C33H48O7. The minimum Gasteiger partial charge on any atom is -0.481 e. The number of fused-ring (bicyclic) bond motifs is 5. The fraction of sp³-hybridized carbons (Fsp3) is 0.788. The predicted octanol–water partition coefficient (Wildman–Crippen LogP) is 6.46. The topological polar surface area (TPSA) is 114 Å². The summed E-state index contributed by atoms with van der Waals surface area (Å²) in [4.78, 5) is 36.3. The van der Waals surface area contributed by atoms with E-state index in [0.29, 0.717) is 24.7 Å². The number of aliphatic hydroxyl groups is 1. The van der Waals surface area contributed by atoms with Crippen LogP contribution in [0, 0.1) is 34.5 Å². The fourth-order valence-electron chi connectivity index (χ4n) is 9.93. The Bertz CT molecular complexity index is 1120. The van der Waals surface area contributed by atoms with Gasteiger partial charge in [-0.05, 0) is 105 Å². The molecule has 4 aliphatic rings. The zero-order valence-electron chi connectivity index (χ0n) is 24.5. The van der Waals surface area contributed by atoms with Gasteiger partial charge in [-0.3, -0.25) is 9.59 Å². The van der Waals surface area contributed by atoms with E-state index in [1.807, 2.05) is 13.0 Å². The van der Waals surface area contributed by atoms with Crippen molar-refractivity contribution in [1.29, 1.82) is 0 Å². The number of rotatable bonds is 9. The number of carboxylic acid groups (broad SMARTS) is 1. The first-order chi connectivity index (χ1) is 19.0. The fourth-order valence-corrected chi connectivity index (χ4v) is 9.93. The average molecular weight is 557 g/mol. The van der Waals surface area contributed by atoms with Crippen LogP contribution in [0.25, 0.3) is 0 Å². The van der Waals surface area contributed by atoms with Crippen molar-refractivity contribution in [2.45, 2.75) is 128 Å². The maximum Gasteiger partial charge on any atom is 0.335 e. The SMILES string of the molecule is CC(CCCCC(=O)O[C@]12CC[C@H](c3ccc(=O)oc3)[C@@]1(C)CC[C@H]1[C@H]2CC[C@@H]2C[C@@H](O)CC[C@@]21C)CC(=O)O. The summed E-state index contributed by atoms with van der Waals surface area (Å²) in [5.41, 5.74) is 0.00935. The van der Waals surface area contributed by atoms with E-state index in [4.69, 9.17) is 14.3 Å². The van der Waals surface area contributed by atoms with Gasteiger partial charge in [0, 0.05) is 30.2 Å². The first-order valence-corrected chi connectivity index (χ1v) is 15.7. The third kappa shape index (κ3) is 5.16. The Kier molecular flexibility index (Phi) is 8.26. The number of esters is 1. The maximum absolute atomic E-state index is 13.6. The second kappa shape index (κ2) is 11.3. The molecule has 1 unspecified atom stereocenters. The highest BCUT2D eigenvalue weighted by Gasteiger charge is 2.69. The smallest absolute Gasteiger partial charge is 0.335 e. The van der Waals surface area contributed by atoms with Crippen LogP contribution < -0.4 is 5.63 Å². The number of hydrogen-bond donors (Lipinski definition) is 2. The molecule has 9 atom stereocenters. The van der Waals surface area contributed by atoms with Gasteiger partial charge >= 0.3 is 17.6 Å². The van der Waals surface area contributed by atoms with Crippen molar-refractivity contribution < 1.29 is 29.0 Å². The lowest BCUT2D eigenvalue weighted by atomic mass is 9.43. The Morgan fingerprint density at radius 1 is 1.05 bits per heavy atom. The van der Waals surface area contributed by atoms with Crippen LogP contribution in [0.2, 0.25) is 0 Å². The lowest BCUT2D eigenvalue weighted by Gasteiger charge is -2.64. The molecule has 1 aromatic rings. The Morgan fingerprint density at radius 2 is 1.85 bits per heavy atom. The highest BCUT2D eigenvalue weighted by atomic mass is 16.6. The molecular weight excluding hydrogens is 508 g/mol. The highest BCUT2D eigenvalue weighted by Crippen LogP contribution is 2.71. The van der Waals surface area contributed by atoms with Crippen molar-refractivity contribution in [3.63, 3.8) is 0 Å². The minimum absolute atomic E-state index is 0.0981. The third-order valence-corrected chi connectivity index (χ3v) is 12.1. The number of carbonyl (C=O) groups is 2. The van der Waals surface area contributed by atoms with Gasteiger partial charge in [0.1, 0.15) is 5.60 Å². The lowest BCUT2D eigenvalue weighted by molar-refractivity contribution is -0.227. The molecule has 7 heteroatoms. The molecule has 0 saturated heterocycles. The van der Waals surface area contributed by atoms with Crippen LogP contribution in [0.1, 0.15) is 122 Å². The number of ether oxygens (including phenoxy) is 1. The third-order valence-electron chi connectivity index (χ3n) is 12.1. The van der Waals surface area contributed by atoms with Gasteiger partial charge in [0.2, 0.25) is 0 Å². The van der Waals surface area contributed by atoms with Crippen LogP contribution in [0.15, 0.2) is 27.6 Å². The molecule has 0 radical (unpaired) electrons. The summed E-state index contributed by atoms with van der Waals surface area (Å²) in [6.45, 7) is 6.70. The van der Waals surface area contributed by atoms with Crippen molar-refractivity contribution in [2.75, 3.05) is 0 Å². The number of aliphatic hydroxyl groups excluding tert-OH is 1. The van der Waals surface area contributed by atoms with E-state index in [2.05, 4.69) is 13.8 Å². The lowest BCUT2D eigenvalue weighted by Crippen LogP contribution is -2.63. The molecule has 4 fully saturated rings. The van der Waals surface area contributed by atoms with Crippen molar-refractivity contribution in [3.05, 3.63) is 34.4 Å². The average Bonchev–Trinajstić information content (AvgIpc) is 3.19. The molecule has 40 heavy (non-hydrogen) atoms. The number of hydrogen-bond acceptors (Lipinski definition) is 6. The molecule has 0 aliphatic heterocycles. The van der Waals surface area contributed by atoms with Gasteiger partial charge in [-0.15, -0.1) is 0 Å². The number of aliphatic carboxylic acids is 1. The number of carboxylic acids is 1. The Labute approximate surface area is 238 Å². The van der Waals surface area contributed by atoms with Gasteiger partial charge in [-0.1, -0.05) is 33.6 Å². The normalized spacial score (nSPS) is 39.5. The maximum atomic E-state index is 13.6. The first kappa shape index (κ1) is 29.3. The minimum atomic E-state index is -0.776. The summed E-state index contributed by atoms with van der Waals surface area (Å²) in [5.74, 6) is 0.600. The summed E-state index contributed by atoms with van der Waals surface area (Å²) in [5, 5.41) is 19.5. The van der Waals surface area contributed by atoms with Crippen molar-refractivity contribution >= 4 is 11.9 Å². The molecule has 0 aromatic carbocycles. The molecule has 4 saturated carbocycles. The summed E-state index contributed by atoms with van der Waals surface area (Å²) in [7, 11) is 0. The molecule has 2 N–H and O–H groups in total. The van der Waals surface area contributed by atoms with Gasteiger partial charge in [0.05, 0.1) is 12.4 Å². The largest absolute Gasteiger partial charge is 0.481 e. The number of carbonyl (C=O) groups excluding carboxylic acids is 1. The van der Waals surface area contributed by atoms with Crippen LogP contribution in [0.4, 0.5) is 0 Å². The molecule has 1 heterocycles. The van der Waals surface area contributed by atoms with E-state index in [1.54, 1.807) is 6.26 Å². The van der Waals surface area contributed by atoms with E-state index < -0.39 is 11.6 Å². The van der Waals surface area contributed by atoms with Gasteiger partial charge < -0.3 is 19.4 Å². The van der Waals surface area contributed by atoms with Gasteiger partial charge in [-0.2, -0.15) is 0 Å². The van der Waals surface area contributed by atoms with Gasteiger partial charge in [0.15, 0.2) is 0 Å². The summed E-state index contributed by atoms with van der Waals surface area (Å²) in [6, 6.07) is 3.39. The monoisotopic (exact) mass is 556 g/mol. The van der Waals surface area contributed by atoms with E-state index in [0.717, 1.165) is 76.2 Å². The van der Waals surface area contributed by atoms with Crippen molar-refractivity contribution in [2.24, 2.45) is 34.5 Å². The predicted molar refractivity (Wildman–Crippen MR) is 151 cm³/mol. The van der Waals surface area contributed by atoms with Crippen molar-refractivity contribution in [3.8, 4) is 0 Å². The Balaban J connectivity index is 1.39. The highest BCUT2D eigenvalue weighted by molar-refractivity contribution is 5.70. The van der Waals surface area contributed by atoms with Gasteiger partial charge in [0.25, 0.3) is 0 Å². The molecule has 4 aliphatic carbocycles. The van der Waals surface area contributed by atoms with E-state index in [9.17, 15) is 19.5 Å². The first-order valence-electron chi connectivity index (χ1n) is 15.7. The van der Waals surface area contributed by atoms with E-state index >= 15 is 0 Å². The van der Waals surface area contributed by atoms with E-state index in [-0.39, 0.29) is 52.7 Å². The van der Waals surface area contributed by atoms with Crippen LogP contribution in [-0.2, 0) is 14.3 Å². The molecule has 7 nitrogen and oxygen atoms in total. The van der Waals surface area contributed by atoms with Crippen LogP contribution in [0.3, 0.4) is 0 Å². The molecule has 1 aromatic heterocycles. The number of unbranched alkanes of at least 4 members (excludes halogenated alkanes) is 1. The Hall–Kier alpha value is -2.15. The van der Waals surface area contributed by atoms with Gasteiger partial charge in [-0.25, -0.2) is 4.79 Å². The van der Waals surface area contributed by atoms with Crippen molar-refractivity contribution in [1.82, 2.24) is 0 Å². The summed E-state index contributed by atoms with van der Waals surface area (Å²) >= 11 is 0. The quantitative estimate of drug-likeness (QED) is 0.265. The molecule has 0 bridgehead atoms. The molecule has 222 valence electrons. The summed E-state index contributed by atoms with van der Waals surface area (Å²) in [6.07, 6.45) is 12.9. The van der Waals surface area contributed by atoms with Crippen LogP contribution in [-0.4, -0.2) is 33.9 Å². The Morgan fingerprint density at radius 3 is 2.58 bits per heavy atom. The molecule has 0 amide bonds. The zero-order valence-corrected chi connectivity index (χ0v) is 24.5. The van der Waals surface area contributed by atoms with Crippen LogP contribution >= 0.6 is 0 Å².